The maximum absolute atomic E-state index is 6.18. The molecule has 1 heterocycles. The summed E-state index contributed by atoms with van der Waals surface area (Å²) >= 11 is 0. The van der Waals surface area contributed by atoms with Gasteiger partial charge in [-0.25, -0.2) is 4.98 Å². The second kappa shape index (κ2) is 5.86. The largest absolute Gasteiger partial charge is 0.497 e. The molecule has 1 aromatic heterocycles. The summed E-state index contributed by atoms with van der Waals surface area (Å²) < 4.78 is 12.6. The normalized spacial score (nSPS) is 10.6. The summed E-state index contributed by atoms with van der Waals surface area (Å²) in [7, 11) is 5.21. The summed E-state index contributed by atoms with van der Waals surface area (Å²) in [6.07, 6.45) is 1.92. The number of hydrogen-bond acceptors (Lipinski definition) is 4. The molecule has 0 spiro atoms. The van der Waals surface area contributed by atoms with Crippen LogP contribution in [0, 0.1) is 0 Å². The van der Waals surface area contributed by atoms with Crippen LogP contribution in [0.4, 0.5) is 5.82 Å². The van der Waals surface area contributed by atoms with E-state index < -0.39 is 0 Å². The van der Waals surface area contributed by atoms with E-state index in [9.17, 15) is 0 Å². The molecule has 0 saturated carbocycles. The summed E-state index contributed by atoms with van der Waals surface area (Å²) in [6.45, 7) is 2.12. The van der Waals surface area contributed by atoms with E-state index in [-0.39, 0.29) is 0 Å². The van der Waals surface area contributed by atoms with Gasteiger partial charge >= 0.3 is 0 Å². The number of nitrogens with zero attached hydrogens (tertiary/aromatic N) is 2. The molecule has 5 nitrogen and oxygen atoms in total. The van der Waals surface area contributed by atoms with Crippen molar-refractivity contribution in [3.63, 3.8) is 0 Å². The van der Waals surface area contributed by atoms with Gasteiger partial charge in [0.2, 0.25) is 0 Å². The lowest BCUT2D eigenvalue weighted by atomic mass is 10.1. The second-order valence-electron chi connectivity index (χ2n) is 4.64. The SMILES string of the molecule is CCCc1nc(-c2cc(OC)ccc2OC)c(N)n1C. The van der Waals surface area contributed by atoms with Crippen molar-refractivity contribution >= 4 is 5.82 Å². The van der Waals surface area contributed by atoms with Gasteiger partial charge in [0.25, 0.3) is 0 Å². The zero-order chi connectivity index (χ0) is 14.7. The van der Waals surface area contributed by atoms with E-state index in [2.05, 4.69) is 11.9 Å². The van der Waals surface area contributed by atoms with Gasteiger partial charge in [0.1, 0.15) is 28.8 Å². The number of hydrogen-bond donors (Lipinski definition) is 1. The Hall–Kier alpha value is -2.17. The number of methoxy groups -OCH3 is 2. The van der Waals surface area contributed by atoms with E-state index in [1.165, 1.54) is 0 Å². The Morgan fingerprint density at radius 2 is 2.00 bits per heavy atom. The highest BCUT2D eigenvalue weighted by atomic mass is 16.5. The lowest BCUT2D eigenvalue weighted by molar-refractivity contribution is 0.404. The molecule has 2 N–H and O–H groups in total. The van der Waals surface area contributed by atoms with Gasteiger partial charge in [-0.2, -0.15) is 0 Å². The van der Waals surface area contributed by atoms with E-state index >= 15 is 0 Å². The average Bonchev–Trinajstić information content (AvgIpc) is 2.75. The smallest absolute Gasteiger partial charge is 0.131 e. The van der Waals surface area contributed by atoms with Crippen LogP contribution in [0.3, 0.4) is 0 Å². The molecule has 108 valence electrons. The van der Waals surface area contributed by atoms with Gasteiger partial charge in [-0.1, -0.05) is 6.92 Å². The highest BCUT2D eigenvalue weighted by Crippen LogP contribution is 2.36. The Morgan fingerprint density at radius 1 is 1.25 bits per heavy atom. The quantitative estimate of drug-likeness (QED) is 0.911. The van der Waals surface area contributed by atoms with Gasteiger partial charge in [-0.3, -0.25) is 0 Å². The number of anilines is 1. The molecule has 1 aromatic carbocycles. The molecule has 0 amide bonds. The molecule has 2 rings (SSSR count). The highest BCUT2D eigenvalue weighted by Gasteiger charge is 2.17. The van der Waals surface area contributed by atoms with Crippen molar-refractivity contribution in [3.8, 4) is 22.8 Å². The van der Waals surface area contributed by atoms with Crippen molar-refractivity contribution in [2.24, 2.45) is 7.05 Å². The summed E-state index contributed by atoms with van der Waals surface area (Å²) in [5.74, 6) is 3.10. The summed E-state index contributed by atoms with van der Waals surface area (Å²) in [5.41, 5.74) is 7.78. The molecule has 0 aliphatic rings. The zero-order valence-corrected chi connectivity index (χ0v) is 12.4. The minimum absolute atomic E-state index is 0.639. The number of rotatable bonds is 5. The molecule has 0 radical (unpaired) electrons. The van der Waals surface area contributed by atoms with Crippen LogP contribution in [0.5, 0.6) is 11.5 Å². The molecular formula is C15H21N3O2. The number of aryl methyl sites for hydroxylation is 1. The molecular weight excluding hydrogens is 254 g/mol. The van der Waals surface area contributed by atoms with Gasteiger partial charge < -0.3 is 19.8 Å². The van der Waals surface area contributed by atoms with Gasteiger partial charge in [0, 0.05) is 19.0 Å². The molecule has 0 bridgehead atoms. The molecule has 0 fully saturated rings. The zero-order valence-electron chi connectivity index (χ0n) is 12.4. The Kier molecular flexibility index (Phi) is 4.17. The second-order valence-corrected chi connectivity index (χ2v) is 4.64. The van der Waals surface area contributed by atoms with Crippen LogP contribution in [0.1, 0.15) is 19.2 Å². The molecule has 5 heteroatoms. The number of imidazole rings is 1. The fraction of sp³-hybridized carbons (Fsp3) is 0.400. The van der Waals surface area contributed by atoms with Crippen molar-refractivity contribution in [3.05, 3.63) is 24.0 Å². The maximum Gasteiger partial charge on any atom is 0.131 e. The first-order chi connectivity index (χ1) is 9.62. The van der Waals surface area contributed by atoms with Crippen LogP contribution in [-0.4, -0.2) is 23.8 Å². The highest BCUT2D eigenvalue weighted by molar-refractivity contribution is 5.77. The number of nitrogens with two attached hydrogens (primary N) is 1. The summed E-state index contributed by atoms with van der Waals surface area (Å²) in [4.78, 5) is 4.66. The van der Waals surface area contributed by atoms with E-state index in [0.717, 1.165) is 41.4 Å². The standard InChI is InChI=1S/C15H21N3O2/c1-5-6-13-17-14(15(16)18(13)2)11-9-10(19-3)7-8-12(11)20-4/h7-9H,5-6,16H2,1-4H3. The van der Waals surface area contributed by atoms with E-state index in [1.54, 1.807) is 14.2 Å². The predicted octanol–water partition coefficient (Wildman–Crippen LogP) is 2.64. The molecule has 0 unspecified atom stereocenters. The fourth-order valence-corrected chi connectivity index (χ4v) is 2.20. The molecule has 0 saturated heterocycles. The number of benzene rings is 1. The predicted molar refractivity (Wildman–Crippen MR) is 80.2 cm³/mol. The average molecular weight is 275 g/mol. The minimum Gasteiger partial charge on any atom is -0.497 e. The van der Waals surface area contributed by atoms with Crippen LogP contribution < -0.4 is 15.2 Å². The monoisotopic (exact) mass is 275 g/mol. The van der Waals surface area contributed by atoms with E-state index in [0.29, 0.717) is 5.82 Å². The molecule has 0 aliphatic heterocycles. The van der Waals surface area contributed by atoms with Crippen LogP contribution in [0.2, 0.25) is 0 Å². The molecule has 0 atom stereocenters. The van der Waals surface area contributed by atoms with Crippen molar-refractivity contribution in [2.75, 3.05) is 20.0 Å². The van der Waals surface area contributed by atoms with Crippen LogP contribution in [0.25, 0.3) is 11.3 Å². The Labute approximate surface area is 119 Å². The van der Waals surface area contributed by atoms with Crippen LogP contribution in [-0.2, 0) is 13.5 Å². The van der Waals surface area contributed by atoms with Gasteiger partial charge in [-0.05, 0) is 24.6 Å². The van der Waals surface area contributed by atoms with Crippen LogP contribution in [0.15, 0.2) is 18.2 Å². The van der Waals surface area contributed by atoms with Gasteiger partial charge in [0.05, 0.1) is 14.2 Å². The van der Waals surface area contributed by atoms with Crippen molar-refractivity contribution in [1.82, 2.24) is 9.55 Å². The lowest BCUT2D eigenvalue weighted by Gasteiger charge is -2.09. The number of aromatic nitrogens is 2. The Bertz CT molecular complexity index is 605. The number of ether oxygens (including phenoxy) is 2. The first kappa shape index (κ1) is 14.2. The molecule has 2 aromatic rings. The van der Waals surface area contributed by atoms with E-state index in [1.807, 2.05) is 29.8 Å². The third-order valence-corrected chi connectivity index (χ3v) is 3.37. The summed E-state index contributed by atoms with van der Waals surface area (Å²) in [6, 6.07) is 5.61. The number of nitrogen functional groups attached to an aromatic ring is 1. The van der Waals surface area contributed by atoms with Crippen molar-refractivity contribution in [1.29, 1.82) is 0 Å². The fourth-order valence-electron chi connectivity index (χ4n) is 2.20. The molecule has 20 heavy (non-hydrogen) atoms. The first-order valence-corrected chi connectivity index (χ1v) is 6.65. The first-order valence-electron chi connectivity index (χ1n) is 6.65. The van der Waals surface area contributed by atoms with Gasteiger partial charge in [-0.15, -0.1) is 0 Å². The van der Waals surface area contributed by atoms with E-state index in [4.69, 9.17) is 15.2 Å². The third-order valence-electron chi connectivity index (χ3n) is 3.37. The van der Waals surface area contributed by atoms with Crippen molar-refractivity contribution < 1.29 is 9.47 Å². The minimum atomic E-state index is 0.639. The van der Waals surface area contributed by atoms with Crippen molar-refractivity contribution in [2.45, 2.75) is 19.8 Å². The lowest BCUT2D eigenvalue weighted by Crippen LogP contribution is -2.01. The van der Waals surface area contributed by atoms with Crippen LogP contribution >= 0.6 is 0 Å². The summed E-state index contributed by atoms with van der Waals surface area (Å²) in [5, 5.41) is 0. The Balaban J connectivity index is 2.58. The third kappa shape index (κ3) is 2.43. The topological polar surface area (TPSA) is 62.3 Å². The maximum atomic E-state index is 6.18. The molecule has 0 aliphatic carbocycles. The Morgan fingerprint density at radius 3 is 2.60 bits per heavy atom. The van der Waals surface area contributed by atoms with Gasteiger partial charge in [0.15, 0.2) is 0 Å².